The molecule has 3 aromatic carbocycles. The highest BCUT2D eigenvalue weighted by molar-refractivity contribution is 6.42. The number of hydrogen-bond acceptors (Lipinski definition) is 2. The molecule has 2 N–H and O–H groups in total. The van der Waals surface area contributed by atoms with Crippen LogP contribution in [0.4, 0.5) is 0 Å². The van der Waals surface area contributed by atoms with Crippen molar-refractivity contribution < 1.29 is 5.11 Å². The maximum atomic E-state index is 11.5. The summed E-state index contributed by atoms with van der Waals surface area (Å²) in [4.78, 5) is 0. The maximum Gasteiger partial charge on any atom is 0.127 e. The van der Waals surface area contributed by atoms with E-state index in [9.17, 15) is 5.11 Å². The first kappa shape index (κ1) is 20.5. The molecular weight excluding hydrogens is 424 g/mol. The molecule has 0 atom stereocenters. The Balaban J connectivity index is 1.84. The van der Waals surface area contributed by atoms with Crippen molar-refractivity contribution in [1.29, 1.82) is 0 Å². The van der Waals surface area contributed by atoms with Crippen molar-refractivity contribution in [2.24, 2.45) is 0 Å². The van der Waals surface area contributed by atoms with E-state index in [0.717, 1.165) is 16.7 Å². The summed E-state index contributed by atoms with van der Waals surface area (Å²) in [5, 5.41) is 17.1. The minimum atomic E-state index is -1.24. The van der Waals surface area contributed by atoms with Crippen molar-refractivity contribution >= 4 is 46.4 Å². The molecule has 2 nitrogen and oxygen atoms in total. The minimum Gasteiger partial charge on any atom is -0.379 e. The zero-order valence-electron chi connectivity index (χ0n) is 14.2. The molecule has 3 rings (SSSR count). The Morgan fingerprint density at radius 3 is 1.70 bits per heavy atom. The summed E-state index contributed by atoms with van der Waals surface area (Å²) in [6.45, 7) is 0.816. The van der Waals surface area contributed by atoms with Gasteiger partial charge in [0, 0.05) is 23.1 Å². The molecule has 0 aliphatic carbocycles. The van der Waals surface area contributed by atoms with E-state index >= 15 is 0 Å². The quantitative estimate of drug-likeness (QED) is 0.469. The van der Waals surface area contributed by atoms with Gasteiger partial charge in [-0.2, -0.15) is 0 Å². The maximum absolute atomic E-state index is 11.5. The molecule has 0 amide bonds. The third-order valence-corrected chi connectivity index (χ3v) is 5.58. The summed E-state index contributed by atoms with van der Waals surface area (Å²) >= 11 is 24.0. The second-order valence-corrected chi connectivity index (χ2v) is 7.91. The van der Waals surface area contributed by atoms with Gasteiger partial charge in [0.15, 0.2) is 0 Å². The normalized spacial score (nSPS) is 11.6. The van der Waals surface area contributed by atoms with Crippen molar-refractivity contribution in [2.75, 3.05) is 6.54 Å². The fourth-order valence-corrected chi connectivity index (χ4v) is 3.43. The number of halogens is 4. The third kappa shape index (κ3) is 4.97. The lowest BCUT2D eigenvalue weighted by Crippen LogP contribution is -2.39. The Labute approximate surface area is 178 Å². The molecule has 0 saturated heterocycles. The molecule has 0 bridgehead atoms. The Bertz CT molecular complexity index is 865. The van der Waals surface area contributed by atoms with E-state index in [1.165, 1.54) is 0 Å². The predicted molar refractivity (Wildman–Crippen MR) is 114 cm³/mol. The SMILES string of the molecule is OC(CNCc1ccc(Cl)c(Cl)c1)(c1ccc(Cl)cc1)c1ccc(Cl)cc1. The van der Waals surface area contributed by atoms with E-state index in [0.29, 0.717) is 26.6 Å². The smallest absolute Gasteiger partial charge is 0.127 e. The van der Waals surface area contributed by atoms with Crippen molar-refractivity contribution in [1.82, 2.24) is 5.32 Å². The Morgan fingerprint density at radius 1 is 0.704 bits per heavy atom. The molecule has 6 heteroatoms. The molecule has 3 aromatic rings. The van der Waals surface area contributed by atoms with Gasteiger partial charge in [-0.25, -0.2) is 0 Å². The summed E-state index contributed by atoms with van der Waals surface area (Å²) in [7, 11) is 0. The lowest BCUT2D eigenvalue weighted by atomic mass is 9.86. The second kappa shape index (κ2) is 8.83. The number of benzene rings is 3. The van der Waals surface area contributed by atoms with Crippen LogP contribution in [0.1, 0.15) is 16.7 Å². The molecule has 0 fully saturated rings. The van der Waals surface area contributed by atoms with Crippen molar-refractivity contribution in [3.05, 3.63) is 104 Å². The molecule has 0 unspecified atom stereocenters. The van der Waals surface area contributed by atoms with E-state index in [-0.39, 0.29) is 6.54 Å². The second-order valence-electron chi connectivity index (χ2n) is 6.23. The fourth-order valence-electron chi connectivity index (χ4n) is 2.86. The van der Waals surface area contributed by atoms with Crippen LogP contribution in [0.15, 0.2) is 66.7 Å². The standard InChI is InChI=1S/C21H17Cl4NO/c22-17-6-2-15(3-7-17)21(27,16-4-8-18(23)9-5-16)13-26-12-14-1-10-19(24)20(25)11-14/h1-11,26-27H,12-13H2. The van der Waals surface area contributed by atoms with E-state index in [4.69, 9.17) is 46.4 Å². The van der Waals surface area contributed by atoms with Gasteiger partial charge >= 0.3 is 0 Å². The molecule has 140 valence electrons. The molecule has 0 aliphatic rings. The molecular formula is C21H17Cl4NO. The van der Waals surface area contributed by atoms with E-state index in [2.05, 4.69) is 5.32 Å². The van der Waals surface area contributed by atoms with Gasteiger partial charge < -0.3 is 10.4 Å². The minimum absolute atomic E-state index is 0.288. The summed E-state index contributed by atoms with van der Waals surface area (Å²) in [6, 6.07) is 19.8. The molecule has 0 aliphatic heterocycles. The molecule has 27 heavy (non-hydrogen) atoms. The number of aliphatic hydroxyl groups is 1. The van der Waals surface area contributed by atoms with E-state index in [1.54, 1.807) is 36.4 Å². The fraction of sp³-hybridized carbons (Fsp3) is 0.143. The zero-order chi connectivity index (χ0) is 19.4. The Morgan fingerprint density at radius 2 is 1.22 bits per heavy atom. The first-order valence-electron chi connectivity index (χ1n) is 8.27. The average molecular weight is 441 g/mol. The highest BCUT2D eigenvalue weighted by Crippen LogP contribution is 2.31. The van der Waals surface area contributed by atoms with Crippen LogP contribution in [-0.2, 0) is 12.1 Å². The first-order valence-corrected chi connectivity index (χ1v) is 9.79. The molecule has 0 spiro atoms. The van der Waals surface area contributed by atoms with Gasteiger partial charge in [0.2, 0.25) is 0 Å². The highest BCUT2D eigenvalue weighted by atomic mass is 35.5. The van der Waals surface area contributed by atoms with Gasteiger partial charge in [0.1, 0.15) is 5.60 Å². The molecule has 0 radical (unpaired) electrons. The lowest BCUT2D eigenvalue weighted by Gasteiger charge is -2.30. The Hall–Kier alpha value is -1.26. The molecule has 0 saturated carbocycles. The number of rotatable bonds is 6. The molecule has 0 heterocycles. The monoisotopic (exact) mass is 439 g/mol. The zero-order valence-corrected chi connectivity index (χ0v) is 17.2. The third-order valence-electron chi connectivity index (χ3n) is 4.34. The van der Waals surface area contributed by atoms with Gasteiger partial charge in [-0.15, -0.1) is 0 Å². The van der Waals surface area contributed by atoms with E-state index in [1.807, 2.05) is 30.3 Å². The summed E-state index contributed by atoms with van der Waals surface area (Å²) in [5.41, 5.74) is 1.19. The van der Waals surface area contributed by atoms with Gasteiger partial charge in [0.05, 0.1) is 10.0 Å². The molecule has 0 aromatic heterocycles. The highest BCUT2D eigenvalue weighted by Gasteiger charge is 2.31. The van der Waals surface area contributed by atoms with Crippen LogP contribution in [0.2, 0.25) is 20.1 Å². The average Bonchev–Trinajstić information content (AvgIpc) is 2.65. The summed E-state index contributed by atoms with van der Waals surface area (Å²) < 4.78 is 0. The van der Waals surface area contributed by atoms with Gasteiger partial charge in [-0.05, 0) is 53.1 Å². The summed E-state index contributed by atoms with van der Waals surface area (Å²) in [6.07, 6.45) is 0. The van der Waals surface area contributed by atoms with Crippen molar-refractivity contribution in [3.63, 3.8) is 0 Å². The van der Waals surface area contributed by atoms with Crippen LogP contribution in [0, 0.1) is 0 Å². The van der Waals surface area contributed by atoms with Gasteiger partial charge in [0.25, 0.3) is 0 Å². The van der Waals surface area contributed by atoms with E-state index < -0.39 is 5.60 Å². The van der Waals surface area contributed by atoms with Crippen LogP contribution >= 0.6 is 46.4 Å². The van der Waals surface area contributed by atoms with Crippen LogP contribution < -0.4 is 5.32 Å². The number of hydrogen-bond donors (Lipinski definition) is 2. The predicted octanol–water partition coefficient (Wildman–Crippen LogP) is 6.33. The number of nitrogens with one attached hydrogen (secondary N) is 1. The van der Waals surface area contributed by atoms with Crippen LogP contribution in [0.3, 0.4) is 0 Å². The van der Waals surface area contributed by atoms with Gasteiger partial charge in [-0.1, -0.05) is 76.7 Å². The van der Waals surface area contributed by atoms with Gasteiger partial charge in [-0.3, -0.25) is 0 Å². The van der Waals surface area contributed by atoms with Crippen molar-refractivity contribution in [3.8, 4) is 0 Å². The van der Waals surface area contributed by atoms with Crippen LogP contribution in [-0.4, -0.2) is 11.7 Å². The first-order chi connectivity index (χ1) is 12.9. The van der Waals surface area contributed by atoms with Crippen LogP contribution in [0.5, 0.6) is 0 Å². The largest absolute Gasteiger partial charge is 0.379 e. The summed E-state index contributed by atoms with van der Waals surface area (Å²) in [5.74, 6) is 0. The lowest BCUT2D eigenvalue weighted by molar-refractivity contribution is 0.0796. The Kier molecular flexibility index (Phi) is 6.69. The van der Waals surface area contributed by atoms with Crippen molar-refractivity contribution in [2.45, 2.75) is 12.1 Å². The topological polar surface area (TPSA) is 32.3 Å². The van der Waals surface area contributed by atoms with Crippen LogP contribution in [0.25, 0.3) is 0 Å².